The smallest absolute Gasteiger partial charge is 0.179 e. The minimum absolute atomic E-state index is 0.142. The first-order valence-electron chi connectivity index (χ1n) is 5.58. The topological polar surface area (TPSA) is 60.2 Å². The maximum Gasteiger partial charge on any atom is 0.179 e. The van der Waals surface area contributed by atoms with E-state index in [0.29, 0.717) is 11.4 Å². The molecule has 4 heteroatoms. The van der Waals surface area contributed by atoms with Gasteiger partial charge in [0, 0.05) is 0 Å². The van der Waals surface area contributed by atoms with Gasteiger partial charge in [-0.25, -0.2) is 8.42 Å². The second-order valence-corrected chi connectivity index (χ2v) is 6.45. The summed E-state index contributed by atoms with van der Waals surface area (Å²) in [5, 5.41) is 0. The maximum atomic E-state index is 11.9. The average molecular weight is 239 g/mol. The highest BCUT2D eigenvalue weighted by Crippen LogP contribution is 2.37. The van der Waals surface area contributed by atoms with Gasteiger partial charge in [0.15, 0.2) is 9.84 Å². The third-order valence-corrected chi connectivity index (χ3v) is 5.00. The molecule has 0 spiro atoms. The summed E-state index contributed by atoms with van der Waals surface area (Å²) in [5.74, 6) is 0.398. The molecule has 1 heterocycles. The van der Waals surface area contributed by atoms with Crippen LogP contribution in [-0.4, -0.2) is 20.7 Å². The molecule has 0 fully saturated rings. The molecular weight excluding hydrogens is 222 g/mol. The van der Waals surface area contributed by atoms with Gasteiger partial charge in [0.05, 0.1) is 10.6 Å². The van der Waals surface area contributed by atoms with Crippen molar-refractivity contribution in [1.82, 2.24) is 0 Å². The molecule has 0 radical (unpaired) electrons. The summed E-state index contributed by atoms with van der Waals surface area (Å²) in [6.45, 7) is 2.61. The fourth-order valence-corrected chi connectivity index (χ4v) is 4.23. The highest BCUT2D eigenvalue weighted by Gasteiger charge is 2.33. The molecule has 1 aliphatic rings. The molecule has 2 rings (SSSR count). The lowest BCUT2D eigenvalue weighted by Crippen LogP contribution is -2.06. The van der Waals surface area contributed by atoms with Crippen LogP contribution in [-0.2, 0) is 9.84 Å². The van der Waals surface area contributed by atoms with Crippen LogP contribution in [0.3, 0.4) is 0 Å². The van der Waals surface area contributed by atoms with Crippen LogP contribution in [0.15, 0.2) is 23.1 Å². The van der Waals surface area contributed by atoms with Crippen molar-refractivity contribution in [2.45, 2.75) is 30.6 Å². The molecule has 0 bridgehead atoms. The van der Waals surface area contributed by atoms with E-state index in [2.05, 4.69) is 0 Å². The van der Waals surface area contributed by atoms with E-state index in [-0.39, 0.29) is 11.7 Å². The van der Waals surface area contributed by atoms with Gasteiger partial charge in [-0.1, -0.05) is 17.7 Å². The molecule has 0 saturated heterocycles. The fourth-order valence-electron chi connectivity index (χ4n) is 2.32. The summed E-state index contributed by atoms with van der Waals surface area (Å²) < 4.78 is 23.8. The van der Waals surface area contributed by atoms with E-state index >= 15 is 0 Å². The van der Waals surface area contributed by atoms with Crippen LogP contribution < -0.4 is 5.73 Å². The zero-order valence-corrected chi connectivity index (χ0v) is 10.3. The third kappa shape index (κ3) is 1.99. The van der Waals surface area contributed by atoms with Crippen LogP contribution in [0.2, 0.25) is 0 Å². The molecule has 0 saturated carbocycles. The number of hydrogen-bond donors (Lipinski definition) is 1. The van der Waals surface area contributed by atoms with Gasteiger partial charge >= 0.3 is 0 Å². The van der Waals surface area contributed by atoms with Crippen molar-refractivity contribution in [2.24, 2.45) is 5.73 Å². The summed E-state index contributed by atoms with van der Waals surface area (Å²) in [4.78, 5) is 0.528. The summed E-state index contributed by atoms with van der Waals surface area (Å²) in [6.07, 6.45) is 1.75. The minimum Gasteiger partial charge on any atom is -0.330 e. The first kappa shape index (κ1) is 11.6. The van der Waals surface area contributed by atoms with E-state index in [1.54, 1.807) is 6.07 Å². The Morgan fingerprint density at radius 1 is 1.44 bits per heavy atom. The van der Waals surface area contributed by atoms with Crippen LogP contribution >= 0.6 is 0 Å². The van der Waals surface area contributed by atoms with E-state index in [0.717, 1.165) is 24.0 Å². The largest absolute Gasteiger partial charge is 0.330 e. The molecular formula is C12H17NO2S. The summed E-state index contributed by atoms with van der Waals surface area (Å²) in [5.41, 5.74) is 7.59. The molecule has 88 valence electrons. The average Bonchev–Trinajstić information content (AvgIpc) is 2.47. The van der Waals surface area contributed by atoms with Crippen molar-refractivity contribution >= 4 is 9.84 Å². The second kappa shape index (κ2) is 4.18. The molecule has 0 aliphatic carbocycles. The Morgan fingerprint density at radius 3 is 2.88 bits per heavy atom. The van der Waals surface area contributed by atoms with Gasteiger partial charge in [-0.15, -0.1) is 0 Å². The number of sulfone groups is 1. The number of benzene rings is 1. The fraction of sp³-hybridized carbons (Fsp3) is 0.500. The summed E-state index contributed by atoms with van der Waals surface area (Å²) in [7, 11) is -3.04. The lowest BCUT2D eigenvalue weighted by atomic mass is 9.95. The number of aryl methyl sites for hydroxylation is 1. The molecule has 0 amide bonds. The molecule has 1 atom stereocenters. The van der Waals surface area contributed by atoms with Crippen molar-refractivity contribution in [3.63, 3.8) is 0 Å². The second-order valence-electron chi connectivity index (χ2n) is 4.45. The lowest BCUT2D eigenvalue weighted by molar-refractivity contribution is 0.591. The minimum atomic E-state index is -3.04. The number of nitrogens with two attached hydrogens (primary N) is 1. The molecule has 3 nitrogen and oxygen atoms in total. The maximum absolute atomic E-state index is 11.9. The highest BCUT2D eigenvalue weighted by molar-refractivity contribution is 7.91. The molecule has 16 heavy (non-hydrogen) atoms. The third-order valence-electron chi connectivity index (χ3n) is 3.12. The van der Waals surface area contributed by atoms with Crippen LogP contribution in [0.25, 0.3) is 0 Å². The van der Waals surface area contributed by atoms with E-state index < -0.39 is 9.84 Å². The monoisotopic (exact) mass is 239 g/mol. The van der Waals surface area contributed by atoms with E-state index in [1.165, 1.54) is 0 Å². The van der Waals surface area contributed by atoms with Crippen molar-refractivity contribution < 1.29 is 8.42 Å². The SMILES string of the molecule is Cc1ccc2c(c1)C(CCCN)CS2(=O)=O. The van der Waals surface area contributed by atoms with E-state index in [9.17, 15) is 8.42 Å². The van der Waals surface area contributed by atoms with Crippen LogP contribution in [0, 0.1) is 6.92 Å². The summed E-state index contributed by atoms with van der Waals surface area (Å²) >= 11 is 0. The van der Waals surface area contributed by atoms with Crippen LogP contribution in [0.1, 0.15) is 29.9 Å². The van der Waals surface area contributed by atoms with Gasteiger partial charge in [0.1, 0.15) is 0 Å². The predicted octanol–water partition coefficient (Wildman–Crippen LogP) is 1.60. The van der Waals surface area contributed by atoms with Gasteiger partial charge in [0.25, 0.3) is 0 Å². The van der Waals surface area contributed by atoms with E-state index in [1.807, 2.05) is 19.1 Å². The van der Waals surface area contributed by atoms with Gasteiger partial charge in [-0.2, -0.15) is 0 Å². The number of fused-ring (bicyclic) bond motifs is 1. The molecule has 1 unspecified atom stereocenters. The Kier molecular flexibility index (Phi) is 3.04. The van der Waals surface area contributed by atoms with E-state index in [4.69, 9.17) is 5.73 Å². The quantitative estimate of drug-likeness (QED) is 0.871. The first-order valence-corrected chi connectivity index (χ1v) is 7.23. The zero-order chi connectivity index (χ0) is 11.8. The molecule has 1 aliphatic heterocycles. The lowest BCUT2D eigenvalue weighted by Gasteiger charge is -2.09. The normalized spacial score (nSPS) is 22.0. The molecule has 1 aromatic carbocycles. The standard InChI is InChI=1S/C12H17NO2S/c1-9-4-5-12-11(7-9)10(3-2-6-13)8-16(12,14)15/h4-5,7,10H,2-3,6,8,13H2,1H3. The Bertz CT molecular complexity index is 494. The number of rotatable bonds is 3. The van der Waals surface area contributed by atoms with Crippen molar-refractivity contribution in [1.29, 1.82) is 0 Å². The Hall–Kier alpha value is -0.870. The molecule has 2 N–H and O–H groups in total. The molecule has 0 aromatic heterocycles. The predicted molar refractivity (Wildman–Crippen MR) is 64.3 cm³/mol. The van der Waals surface area contributed by atoms with Crippen molar-refractivity contribution in [2.75, 3.05) is 12.3 Å². The molecule has 1 aromatic rings. The van der Waals surface area contributed by atoms with Crippen molar-refractivity contribution in [3.8, 4) is 0 Å². The number of hydrogen-bond acceptors (Lipinski definition) is 3. The summed E-state index contributed by atoms with van der Waals surface area (Å²) in [6, 6.07) is 5.60. The zero-order valence-electron chi connectivity index (χ0n) is 9.44. The van der Waals surface area contributed by atoms with Crippen LogP contribution in [0.4, 0.5) is 0 Å². The van der Waals surface area contributed by atoms with Crippen LogP contribution in [0.5, 0.6) is 0 Å². The van der Waals surface area contributed by atoms with Gasteiger partial charge in [0.2, 0.25) is 0 Å². The Morgan fingerprint density at radius 2 is 2.19 bits per heavy atom. The Labute approximate surface area is 96.6 Å². The van der Waals surface area contributed by atoms with Gasteiger partial charge in [-0.3, -0.25) is 0 Å². The van der Waals surface area contributed by atoms with Gasteiger partial charge in [-0.05, 0) is 43.9 Å². The van der Waals surface area contributed by atoms with Crippen molar-refractivity contribution in [3.05, 3.63) is 29.3 Å². The van der Waals surface area contributed by atoms with Gasteiger partial charge < -0.3 is 5.73 Å². The Balaban J connectivity index is 2.40. The first-order chi connectivity index (χ1) is 7.54. The highest BCUT2D eigenvalue weighted by atomic mass is 32.2.